The Morgan fingerprint density at radius 2 is 1.64 bits per heavy atom. The Morgan fingerprint density at radius 1 is 0.880 bits per heavy atom. The highest BCUT2D eigenvalue weighted by molar-refractivity contribution is 6.31. The Balaban J connectivity index is 0.000000231. The maximum absolute atomic E-state index is 12.7. The van der Waals surface area contributed by atoms with Gasteiger partial charge in [0.1, 0.15) is 17.2 Å². The molecule has 1 heterocycles. The Kier molecular flexibility index (Phi) is 13.8. The first-order chi connectivity index (χ1) is 24.0. The summed E-state index contributed by atoms with van der Waals surface area (Å²) in [6.07, 6.45) is 7.47. The van der Waals surface area contributed by atoms with Gasteiger partial charge in [-0.2, -0.15) is 5.12 Å². The maximum Gasteiger partial charge on any atom is 0.335 e. The van der Waals surface area contributed by atoms with E-state index in [2.05, 4.69) is 42.1 Å². The summed E-state index contributed by atoms with van der Waals surface area (Å²) in [5, 5.41) is 24.7. The molecule has 0 bridgehead atoms. The Morgan fingerprint density at radius 3 is 2.36 bits per heavy atom. The first kappa shape index (κ1) is 37.9. The highest BCUT2D eigenvalue weighted by atomic mass is 35.5. The zero-order chi connectivity index (χ0) is 36.2. The average Bonchev–Trinajstić information content (AvgIpc) is 3.52. The van der Waals surface area contributed by atoms with E-state index in [0.29, 0.717) is 17.1 Å². The number of fused-ring (bicyclic) bond motifs is 1. The maximum atomic E-state index is 12.7. The van der Waals surface area contributed by atoms with Crippen molar-refractivity contribution in [3.05, 3.63) is 106 Å². The Hall–Kier alpha value is -4.89. The van der Waals surface area contributed by atoms with Gasteiger partial charge in [0, 0.05) is 10.7 Å². The molecule has 0 aromatic heterocycles. The molecule has 4 aromatic rings. The molecule has 1 aliphatic rings. The van der Waals surface area contributed by atoms with Gasteiger partial charge in [-0.25, -0.2) is 4.79 Å². The van der Waals surface area contributed by atoms with Crippen molar-refractivity contribution < 1.29 is 24.5 Å². The predicted molar refractivity (Wildman–Crippen MR) is 204 cm³/mol. The highest BCUT2D eigenvalue weighted by Gasteiger charge is 2.23. The minimum Gasteiger partial charge on any atom is -0.505 e. The number of carbonyl (C=O) groups is 2. The molecule has 0 radical (unpaired) electrons. The van der Waals surface area contributed by atoms with E-state index >= 15 is 0 Å². The molecule has 0 spiro atoms. The van der Waals surface area contributed by atoms with Gasteiger partial charge >= 0.3 is 5.97 Å². The first-order valence-electron chi connectivity index (χ1n) is 17.4. The number of benzene rings is 4. The van der Waals surface area contributed by atoms with Gasteiger partial charge in [0.15, 0.2) is 6.10 Å². The molecule has 0 saturated heterocycles. The van der Waals surface area contributed by atoms with Crippen LogP contribution in [0.25, 0.3) is 0 Å². The van der Waals surface area contributed by atoms with Crippen molar-refractivity contribution in [1.29, 1.82) is 0 Å². The van der Waals surface area contributed by atoms with E-state index in [-0.39, 0.29) is 17.2 Å². The minimum absolute atomic E-state index is 0.128. The molecule has 9 nitrogen and oxygen atoms in total. The molecular formula is C40H49ClN4O5. The van der Waals surface area contributed by atoms with E-state index < -0.39 is 12.1 Å². The van der Waals surface area contributed by atoms with Crippen molar-refractivity contribution >= 4 is 46.2 Å². The number of hydrogen-bond donors (Lipinski definition) is 5. The molecule has 5 rings (SSSR count). The summed E-state index contributed by atoms with van der Waals surface area (Å²) in [6, 6.07) is 21.9. The standard InChI is InChI=1S/C23H29NO4.C17H20ClN3O/c1-4-6-7-9-17-14-16(3)12-13-21(17)28-20(5-2)22(25)24-19-11-8-10-18(15-19)23(26)27;1-3-4-5-12-8-11(2)17(22)16(9-12)21-19-14-7-6-13(18)10-15(14)20-21/h8,10-15,20H,4-7,9H2,1-3H3,(H,24,25)(H,26,27);6-10,19-20,22H,3-5H2,1-2H3. The lowest BCUT2D eigenvalue weighted by atomic mass is 10.0. The van der Waals surface area contributed by atoms with Crippen LogP contribution in [0.5, 0.6) is 11.5 Å². The van der Waals surface area contributed by atoms with Crippen molar-refractivity contribution in [2.75, 3.05) is 21.3 Å². The molecule has 0 fully saturated rings. The third-order valence-electron chi connectivity index (χ3n) is 8.42. The summed E-state index contributed by atoms with van der Waals surface area (Å²) >= 11 is 6.02. The van der Waals surface area contributed by atoms with Crippen LogP contribution in [-0.2, 0) is 17.6 Å². The summed E-state index contributed by atoms with van der Waals surface area (Å²) in [5.74, 6) is -0.303. The molecule has 50 heavy (non-hydrogen) atoms. The number of hydrogen-bond acceptors (Lipinski definition) is 7. The molecule has 266 valence electrons. The van der Waals surface area contributed by atoms with Gasteiger partial charge in [-0.3, -0.25) is 15.6 Å². The topological polar surface area (TPSA) is 123 Å². The molecule has 1 unspecified atom stereocenters. The van der Waals surface area contributed by atoms with Crippen LogP contribution in [0.1, 0.15) is 91.9 Å². The number of carbonyl (C=O) groups excluding carboxylic acids is 1. The Bertz CT molecular complexity index is 1780. The van der Waals surface area contributed by atoms with E-state index in [1.165, 1.54) is 23.3 Å². The van der Waals surface area contributed by atoms with E-state index in [1.54, 1.807) is 17.3 Å². The number of phenols is 1. The fraction of sp³-hybridized carbons (Fsp3) is 0.350. The zero-order valence-corrected chi connectivity index (χ0v) is 30.4. The number of ether oxygens (including phenoxy) is 1. The number of aromatic hydroxyl groups is 1. The zero-order valence-electron chi connectivity index (χ0n) is 29.6. The summed E-state index contributed by atoms with van der Waals surface area (Å²) in [6.45, 7) is 10.2. The van der Waals surface area contributed by atoms with Crippen molar-refractivity contribution in [2.24, 2.45) is 0 Å². The molecule has 1 atom stereocenters. The Labute approximate surface area is 300 Å². The van der Waals surface area contributed by atoms with Crippen molar-refractivity contribution in [1.82, 2.24) is 0 Å². The number of aromatic carboxylic acids is 1. The monoisotopic (exact) mass is 700 g/mol. The molecule has 0 aliphatic carbocycles. The van der Waals surface area contributed by atoms with Crippen LogP contribution >= 0.6 is 11.6 Å². The van der Waals surface area contributed by atoms with E-state index in [1.807, 2.05) is 57.2 Å². The van der Waals surface area contributed by atoms with Gasteiger partial charge in [0.2, 0.25) is 0 Å². The van der Waals surface area contributed by atoms with Crippen LogP contribution in [0, 0.1) is 13.8 Å². The summed E-state index contributed by atoms with van der Waals surface area (Å²) in [5.41, 5.74) is 14.0. The number of unbranched alkanes of at least 4 members (excludes halogenated alkanes) is 3. The fourth-order valence-electron chi connectivity index (χ4n) is 5.64. The molecule has 0 saturated carbocycles. The first-order valence-corrected chi connectivity index (χ1v) is 17.8. The number of nitrogens with zero attached hydrogens (tertiary/aromatic N) is 1. The number of nitrogens with one attached hydrogen (secondary N) is 3. The van der Waals surface area contributed by atoms with Crippen molar-refractivity contribution in [3.63, 3.8) is 0 Å². The lowest BCUT2D eigenvalue weighted by Crippen LogP contribution is -2.32. The molecule has 4 aromatic carbocycles. The van der Waals surface area contributed by atoms with Crippen LogP contribution in [0.15, 0.2) is 72.8 Å². The number of hydrazine groups is 2. The lowest BCUT2D eigenvalue weighted by molar-refractivity contribution is -0.122. The molecule has 10 heteroatoms. The van der Waals surface area contributed by atoms with Crippen LogP contribution < -0.4 is 26.0 Å². The molecule has 1 amide bonds. The lowest BCUT2D eigenvalue weighted by Gasteiger charge is -2.22. The fourth-order valence-corrected chi connectivity index (χ4v) is 5.81. The number of halogens is 1. The third-order valence-corrected chi connectivity index (χ3v) is 8.66. The highest BCUT2D eigenvalue weighted by Crippen LogP contribution is 2.38. The van der Waals surface area contributed by atoms with Crippen LogP contribution in [0.3, 0.4) is 0 Å². The van der Waals surface area contributed by atoms with Gasteiger partial charge in [0.05, 0.1) is 16.9 Å². The summed E-state index contributed by atoms with van der Waals surface area (Å²) in [4.78, 5) is 23.8. The molecule has 1 aliphatic heterocycles. The second kappa shape index (κ2) is 18.2. The summed E-state index contributed by atoms with van der Waals surface area (Å²) < 4.78 is 6.06. The predicted octanol–water partition coefficient (Wildman–Crippen LogP) is 10.1. The van der Waals surface area contributed by atoms with Crippen molar-refractivity contribution in [3.8, 4) is 11.5 Å². The summed E-state index contributed by atoms with van der Waals surface area (Å²) in [7, 11) is 0. The van der Waals surface area contributed by atoms with Crippen LogP contribution in [-0.4, -0.2) is 28.2 Å². The second-order valence-electron chi connectivity index (χ2n) is 12.6. The average molecular weight is 701 g/mol. The van der Waals surface area contributed by atoms with Crippen molar-refractivity contribution in [2.45, 2.75) is 92.1 Å². The number of carboxylic acids is 1. The number of rotatable bonds is 14. The number of carboxylic acid groups (broad SMARTS) is 1. The van der Waals surface area contributed by atoms with Crippen LogP contribution in [0.2, 0.25) is 5.02 Å². The largest absolute Gasteiger partial charge is 0.505 e. The number of phenolic OH excluding ortho intramolecular Hbond substituents is 1. The molecular weight excluding hydrogens is 652 g/mol. The van der Waals surface area contributed by atoms with E-state index in [4.69, 9.17) is 21.4 Å². The minimum atomic E-state index is -1.03. The second-order valence-corrected chi connectivity index (χ2v) is 13.0. The third kappa shape index (κ3) is 10.3. The van der Waals surface area contributed by atoms with E-state index in [9.17, 15) is 14.7 Å². The van der Waals surface area contributed by atoms with Gasteiger partial charge in [-0.15, -0.1) is 0 Å². The number of aryl methyl sites for hydroxylation is 4. The van der Waals surface area contributed by atoms with E-state index in [0.717, 1.165) is 78.9 Å². The quantitative estimate of drug-likeness (QED) is 0.0824. The normalized spacial score (nSPS) is 12.2. The van der Waals surface area contributed by atoms with Gasteiger partial charge in [-0.1, -0.05) is 81.5 Å². The number of amides is 1. The van der Waals surface area contributed by atoms with Gasteiger partial charge in [0.25, 0.3) is 5.91 Å². The smallest absolute Gasteiger partial charge is 0.335 e. The number of anilines is 4. The van der Waals surface area contributed by atoms with Gasteiger partial charge in [-0.05, 0) is 111 Å². The molecule has 5 N–H and O–H groups in total. The van der Waals surface area contributed by atoms with Crippen LogP contribution in [0.4, 0.5) is 22.7 Å². The van der Waals surface area contributed by atoms with Gasteiger partial charge < -0.3 is 20.3 Å². The SMILES string of the molecule is CCCCCc1cc(C)ccc1OC(CC)C(=O)Nc1cccc(C(=O)O)c1.CCCCc1cc(C)c(O)c(N2Nc3ccc(Cl)cc3N2)c1.